The van der Waals surface area contributed by atoms with Crippen LogP contribution in [0.3, 0.4) is 0 Å². The molecule has 0 N–H and O–H groups in total. The van der Waals surface area contributed by atoms with E-state index in [4.69, 9.17) is 11.6 Å². The Bertz CT molecular complexity index is 422. The van der Waals surface area contributed by atoms with Crippen LogP contribution < -0.4 is 0 Å². The molecule has 13 heavy (non-hydrogen) atoms. The number of aryl methyl sites for hydroxylation is 1. The van der Waals surface area contributed by atoms with Gasteiger partial charge in [0, 0.05) is 15.1 Å². The number of benzene rings is 1. The normalized spacial score (nSPS) is 10.9. The summed E-state index contributed by atoms with van der Waals surface area (Å²) >= 11 is 11.0. The molecule has 0 nitrogen and oxygen atoms in total. The maximum atomic E-state index is 5.73. The molecule has 2 aromatic rings. The van der Waals surface area contributed by atoms with Gasteiger partial charge in [-0.1, -0.05) is 15.9 Å². The molecule has 0 amide bonds. The van der Waals surface area contributed by atoms with Gasteiger partial charge in [-0.3, -0.25) is 0 Å². The van der Waals surface area contributed by atoms with E-state index in [1.165, 1.54) is 15.6 Å². The number of hydrogen-bond donors (Lipinski definition) is 0. The van der Waals surface area contributed by atoms with Crippen molar-refractivity contribution in [1.29, 1.82) is 0 Å². The van der Waals surface area contributed by atoms with Gasteiger partial charge in [-0.05, 0) is 40.9 Å². The molecule has 0 fully saturated rings. The monoisotopic (exact) mass is 274 g/mol. The smallest absolute Gasteiger partial charge is 0.0346 e. The van der Waals surface area contributed by atoms with Crippen LogP contribution in [0.4, 0.5) is 0 Å². The maximum absolute atomic E-state index is 5.73. The molecule has 1 aromatic heterocycles. The van der Waals surface area contributed by atoms with Gasteiger partial charge in [0.1, 0.15) is 0 Å². The predicted molar refractivity (Wildman–Crippen MR) is 63.9 cm³/mol. The molecule has 0 spiro atoms. The fourth-order valence-electron chi connectivity index (χ4n) is 1.35. The number of fused-ring (bicyclic) bond motifs is 1. The molecule has 0 aliphatic heterocycles. The molecule has 1 aromatic carbocycles. The van der Waals surface area contributed by atoms with Gasteiger partial charge < -0.3 is 0 Å². The van der Waals surface area contributed by atoms with E-state index in [2.05, 4.69) is 39.5 Å². The number of alkyl halides is 1. The fraction of sp³-hybridized carbons (Fsp3) is 0.200. The zero-order chi connectivity index (χ0) is 9.26. The van der Waals surface area contributed by atoms with Crippen molar-refractivity contribution in [2.75, 3.05) is 5.88 Å². The second-order valence-corrected chi connectivity index (χ2v) is 5.05. The first-order valence-electron chi connectivity index (χ1n) is 4.03. The lowest BCUT2D eigenvalue weighted by Gasteiger charge is -1.95. The predicted octanol–water partition coefficient (Wildman–Crippen LogP) is 4.45. The van der Waals surface area contributed by atoms with E-state index in [0.29, 0.717) is 5.88 Å². The highest BCUT2D eigenvalue weighted by molar-refractivity contribution is 9.10. The summed E-state index contributed by atoms with van der Waals surface area (Å²) in [5.74, 6) is 0.693. The minimum Gasteiger partial charge on any atom is -0.144 e. The molecule has 0 unspecified atom stereocenters. The molecular weight excluding hydrogens is 268 g/mol. The highest BCUT2D eigenvalue weighted by atomic mass is 79.9. The fourth-order valence-corrected chi connectivity index (χ4v) is 2.89. The molecule has 0 saturated heterocycles. The molecular formula is C10H8BrClS. The summed E-state index contributed by atoms with van der Waals surface area (Å²) in [4.78, 5) is 0. The SMILES string of the molecule is ClCCc1csc2ccc(Br)cc12. The first kappa shape index (κ1) is 9.50. The number of halogens is 2. The van der Waals surface area contributed by atoms with E-state index in [1.807, 2.05) is 0 Å². The summed E-state index contributed by atoms with van der Waals surface area (Å²) in [6, 6.07) is 6.37. The van der Waals surface area contributed by atoms with E-state index >= 15 is 0 Å². The topological polar surface area (TPSA) is 0 Å². The molecule has 0 aliphatic carbocycles. The number of thiophene rings is 1. The van der Waals surface area contributed by atoms with Crippen LogP contribution in [-0.4, -0.2) is 5.88 Å². The van der Waals surface area contributed by atoms with Gasteiger partial charge in [-0.2, -0.15) is 0 Å². The van der Waals surface area contributed by atoms with E-state index in [0.717, 1.165) is 10.9 Å². The van der Waals surface area contributed by atoms with Crippen LogP contribution in [0.1, 0.15) is 5.56 Å². The molecule has 3 heteroatoms. The molecule has 1 heterocycles. The van der Waals surface area contributed by atoms with Crippen LogP contribution in [0.25, 0.3) is 10.1 Å². The molecule has 68 valence electrons. The third-order valence-electron chi connectivity index (χ3n) is 1.98. The van der Waals surface area contributed by atoms with Crippen LogP contribution >= 0.6 is 38.9 Å². The highest BCUT2D eigenvalue weighted by Crippen LogP contribution is 2.29. The van der Waals surface area contributed by atoms with Crippen LogP contribution in [-0.2, 0) is 6.42 Å². The number of hydrogen-bond acceptors (Lipinski definition) is 1. The van der Waals surface area contributed by atoms with Crippen molar-refractivity contribution in [1.82, 2.24) is 0 Å². The molecule has 0 saturated carbocycles. The summed E-state index contributed by atoms with van der Waals surface area (Å²) in [6.45, 7) is 0. The Morgan fingerprint density at radius 3 is 3.00 bits per heavy atom. The Kier molecular flexibility index (Phi) is 2.92. The zero-order valence-corrected chi connectivity index (χ0v) is 10.0. The van der Waals surface area contributed by atoms with Gasteiger partial charge in [-0.15, -0.1) is 22.9 Å². The van der Waals surface area contributed by atoms with E-state index in [9.17, 15) is 0 Å². The molecule has 0 bridgehead atoms. The Morgan fingerprint density at radius 2 is 2.23 bits per heavy atom. The van der Waals surface area contributed by atoms with E-state index < -0.39 is 0 Å². The Hall–Kier alpha value is -0.0500. The van der Waals surface area contributed by atoms with Gasteiger partial charge >= 0.3 is 0 Å². The van der Waals surface area contributed by atoms with E-state index in [1.54, 1.807) is 11.3 Å². The zero-order valence-electron chi connectivity index (χ0n) is 6.89. The van der Waals surface area contributed by atoms with Crippen molar-refractivity contribution < 1.29 is 0 Å². The van der Waals surface area contributed by atoms with Gasteiger partial charge in [0.15, 0.2) is 0 Å². The number of rotatable bonds is 2. The summed E-state index contributed by atoms with van der Waals surface area (Å²) in [5, 5.41) is 3.53. The molecule has 0 atom stereocenters. The standard InChI is InChI=1S/C10H8BrClS/c11-8-1-2-10-9(5-8)7(3-4-12)6-13-10/h1-2,5-6H,3-4H2. The van der Waals surface area contributed by atoms with Gasteiger partial charge in [-0.25, -0.2) is 0 Å². The third-order valence-corrected chi connectivity index (χ3v) is 3.67. The van der Waals surface area contributed by atoms with Gasteiger partial charge in [0.05, 0.1) is 0 Å². The Balaban J connectivity index is 2.58. The lowest BCUT2D eigenvalue weighted by molar-refractivity contribution is 1.18. The lowest BCUT2D eigenvalue weighted by atomic mass is 10.1. The molecule has 0 radical (unpaired) electrons. The summed E-state index contributed by atoms with van der Waals surface area (Å²) in [6.07, 6.45) is 0.956. The minimum absolute atomic E-state index is 0.693. The van der Waals surface area contributed by atoms with E-state index in [-0.39, 0.29) is 0 Å². The molecule has 0 aliphatic rings. The van der Waals surface area contributed by atoms with Gasteiger partial charge in [0.25, 0.3) is 0 Å². The van der Waals surface area contributed by atoms with Crippen molar-refractivity contribution in [3.05, 3.63) is 33.6 Å². The molecule has 2 rings (SSSR count). The van der Waals surface area contributed by atoms with Gasteiger partial charge in [0.2, 0.25) is 0 Å². The highest BCUT2D eigenvalue weighted by Gasteiger charge is 2.03. The second-order valence-electron chi connectivity index (χ2n) is 2.84. The minimum atomic E-state index is 0.693. The quantitative estimate of drug-likeness (QED) is 0.711. The van der Waals surface area contributed by atoms with Crippen molar-refractivity contribution >= 4 is 49.0 Å². The van der Waals surface area contributed by atoms with Crippen LogP contribution in [0.5, 0.6) is 0 Å². The van der Waals surface area contributed by atoms with Crippen molar-refractivity contribution in [3.63, 3.8) is 0 Å². The Labute approximate surface area is 94.7 Å². The van der Waals surface area contributed by atoms with Crippen molar-refractivity contribution in [3.8, 4) is 0 Å². The van der Waals surface area contributed by atoms with Crippen molar-refractivity contribution in [2.24, 2.45) is 0 Å². The first-order chi connectivity index (χ1) is 6.31. The lowest BCUT2D eigenvalue weighted by Crippen LogP contribution is -1.82. The van der Waals surface area contributed by atoms with Crippen LogP contribution in [0.2, 0.25) is 0 Å². The van der Waals surface area contributed by atoms with Crippen molar-refractivity contribution in [2.45, 2.75) is 6.42 Å². The summed E-state index contributed by atoms with van der Waals surface area (Å²) in [5.41, 5.74) is 1.36. The van der Waals surface area contributed by atoms with Crippen LogP contribution in [0.15, 0.2) is 28.1 Å². The van der Waals surface area contributed by atoms with Crippen LogP contribution in [0, 0.1) is 0 Å². The second kappa shape index (κ2) is 3.99. The summed E-state index contributed by atoms with van der Waals surface area (Å²) < 4.78 is 2.47. The average Bonchev–Trinajstić information content (AvgIpc) is 2.49. The third kappa shape index (κ3) is 1.90. The largest absolute Gasteiger partial charge is 0.144 e. The maximum Gasteiger partial charge on any atom is 0.0346 e. The summed E-state index contributed by atoms with van der Waals surface area (Å²) in [7, 11) is 0. The Morgan fingerprint density at radius 1 is 1.38 bits per heavy atom. The first-order valence-corrected chi connectivity index (χ1v) is 6.23. The average molecular weight is 276 g/mol.